The normalized spacial score (nSPS) is 26.8. The Hall–Kier alpha value is -2.15. The number of nitrogens with one attached hydrogen (secondary N) is 1. The maximum Gasteiger partial charge on any atom is 0.251 e. The van der Waals surface area contributed by atoms with Gasteiger partial charge in [0.2, 0.25) is 0 Å². The van der Waals surface area contributed by atoms with Crippen molar-refractivity contribution < 1.29 is 9.90 Å². The predicted octanol–water partition coefficient (Wildman–Crippen LogP) is 1.40. The summed E-state index contributed by atoms with van der Waals surface area (Å²) in [6, 6.07) is 2.44. The van der Waals surface area contributed by atoms with E-state index in [9.17, 15) is 9.90 Å². The van der Waals surface area contributed by atoms with E-state index in [2.05, 4.69) is 26.9 Å². The van der Waals surface area contributed by atoms with Crippen molar-refractivity contribution in [1.82, 2.24) is 19.9 Å². The molecule has 1 aliphatic heterocycles. The molecule has 25 heavy (non-hydrogen) atoms. The number of hydrogen-bond donors (Lipinski definition) is 2. The number of hydrogen-bond acceptors (Lipinski definition) is 5. The quantitative estimate of drug-likeness (QED) is 0.876. The molecule has 0 aromatic carbocycles. The Kier molecular flexibility index (Phi) is 4.11. The Morgan fingerprint density at radius 1 is 1.40 bits per heavy atom. The standard InChI is InChI=1S/C18H25N5O2/c1-3-15(24)18(25)23-8-11-6-13(7-12(11)9-23)22(2)17-14-4-5-19-16(14)20-10-21-17/h4-5,10-13,15,24H,3,6-9H2,1-2H3,(H,19,20,21)/t11?,12?,13?,15-/m0/s1. The Morgan fingerprint density at radius 2 is 2.12 bits per heavy atom. The summed E-state index contributed by atoms with van der Waals surface area (Å²) in [6.45, 7) is 3.39. The molecule has 3 heterocycles. The van der Waals surface area contributed by atoms with E-state index >= 15 is 0 Å². The molecule has 2 aromatic heterocycles. The van der Waals surface area contributed by atoms with Crippen LogP contribution >= 0.6 is 0 Å². The third kappa shape index (κ3) is 2.76. The molecule has 2 aliphatic rings. The average molecular weight is 343 g/mol. The molecule has 2 fully saturated rings. The van der Waals surface area contributed by atoms with Crippen LogP contribution in [0.1, 0.15) is 26.2 Å². The number of aromatic nitrogens is 3. The molecule has 3 atom stereocenters. The van der Waals surface area contributed by atoms with E-state index in [1.807, 2.05) is 24.1 Å². The molecule has 2 unspecified atom stereocenters. The molecule has 7 nitrogen and oxygen atoms in total. The summed E-state index contributed by atoms with van der Waals surface area (Å²) in [5.74, 6) is 1.89. The SMILES string of the molecule is CC[C@H](O)C(=O)N1CC2CC(N(C)c3ncnc4[nH]ccc34)CC2C1. The van der Waals surface area contributed by atoms with Crippen LogP contribution in [0.5, 0.6) is 0 Å². The van der Waals surface area contributed by atoms with Crippen LogP contribution in [0.25, 0.3) is 11.0 Å². The first kappa shape index (κ1) is 16.3. The first-order valence-corrected chi connectivity index (χ1v) is 9.06. The second kappa shape index (κ2) is 6.29. The zero-order valence-corrected chi connectivity index (χ0v) is 14.7. The van der Waals surface area contributed by atoms with Crippen molar-refractivity contribution in [2.24, 2.45) is 11.8 Å². The van der Waals surface area contributed by atoms with Gasteiger partial charge in [0.15, 0.2) is 0 Å². The molecule has 134 valence electrons. The summed E-state index contributed by atoms with van der Waals surface area (Å²) in [5.41, 5.74) is 0.861. The first-order chi connectivity index (χ1) is 12.1. The fourth-order valence-corrected chi connectivity index (χ4v) is 4.46. The Balaban J connectivity index is 1.45. The van der Waals surface area contributed by atoms with Crippen molar-refractivity contribution in [3.63, 3.8) is 0 Å². The summed E-state index contributed by atoms with van der Waals surface area (Å²) in [5, 5.41) is 10.8. The molecule has 7 heteroatoms. The maximum atomic E-state index is 12.2. The van der Waals surface area contributed by atoms with Crippen molar-refractivity contribution in [3.8, 4) is 0 Å². The van der Waals surface area contributed by atoms with Crippen molar-refractivity contribution in [2.45, 2.75) is 38.3 Å². The Morgan fingerprint density at radius 3 is 2.80 bits per heavy atom. The zero-order valence-electron chi connectivity index (χ0n) is 14.7. The van der Waals surface area contributed by atoms with Crippen LogP contribution in [0, 0.1) is 11.8 Å². The van der Waals surface area contributed by atoms with Crippen LogP contribution < -0.4 is 4.90 Å². The van der Waals surface area contributed by atoms with Gasteiger partial charge in [0.1, 0.15) is 23.9 Å². The van der Waals surface area contributed by atoms with E-state index in [4.69, 9.17) is 0 Å². The van der Waals surface area contributed by atoms with Crippen LogP contribution in [-0.2, 0) is 4.79 Å². The number of H-pyrrole nitrogens is 1. The lowest BCUT2D eigenvalue weighted by Gasteiger charge is -2.28. The number of anilines is 1. The third-order valence-electron chi connectivity index (χ3n) is 5.92. The molecule has 1 aliphatic carbocycles. The van der Waals surface area contributed by atoms with Gasteiger partial charge in [0, 0.05) is 32.4 Å². The number of amides is 1. The number of aliphatic hydroxyl groups is 1. The number of aliphatic hydroxyl groups excluding tert-OH is 1. The third-order valence-corrected chi connectivity index (χ3v) is 5.92. The number of likely N-dealkylation sites (tertiary alicyclic amines) is 1. The molecular formula is C18H25N5O2. The van der Waals surface area contributed by atoms with E-state index in [1.165, 1.54) is 0 Å². The Labute approximate surface area is 147 Å². The minimum Gasteiger partial charge on any atom is -0.383 e. The highest BCUT2D eigenvalue weighted by molar-refractivity contribution is 5.87. The van der Waals surface area contributed by atoms with Gasteiger partial charge in [0.25, 0.3) is 5.91 Å². The first-order valence-electron chi connectivity index (χ1n) is 9.06. The minimum atomic E-state index is -0.847. The number of aromatic amines is 1. The largest absolute Gasteiger partial charge is 0.383 e. The molecule has 2 N–H and O–H groups in total. The fraction of sp³-hybridized carbons (Fsp3) is 0.611. The molecule has 0 radical (unpaired) electrons. The molecule has 1 saturated carbocycles. The van der Waals surface area contributed by atoms with Gasteiger partial charge < -0.3 is 19.9 Å². The van der Waals surface area contributed by atoms with Crippen LogP contribution in [0.3, 0.4) is 0 Å². The van der Waals surface area contributed by atoms with E-state index in [0.29, 0.717) is 24.3 Å². The summed E-state index contributed by atoms with van der Waals surface area (Å²) < 4.78 is 0. The van der Waals surface area contributed by atoms with E-state index in [-0.39, 0.29) is 5.91 Å². The van der Waals surface area contributed by atoms with Crippen LogP contribution in [0.15, 0.2) is 18.6 Å². The molecule has 0 spiro atoms. The minimum absolute atomic E-state index is 0.105. The molecule has 0 bridgehead atoms. The van der Waals surface area contributed by atoms with Gasteiger partial charge >= 0.3 is 0 Å². The highest BCUT2D eigenvalue weighted by Crippen LogP contribution is 2.41. The van der Waals surface area contributed by atoms with Crippen LogP contribution in [-0.4, -0.2) is 63.1 Å². The van der Waals surface area contributed by atoms with Gasteiger partial charge in [-0.15, -0.1) is 0 Å². The molecule has 4 rings (SSSR count). The van der Waals surface area contributed by atoms with Crippen LogP contribution in [0.4, 0.5) is 5.82 Å². The smallest absolute Gasteiger partial charge is 0.251 e. The maximum absolute atomic E-state index is 12.2. The monoisotopic (exact) mass is 343 g/mol. The average Bonchev–Trinajstić information content (AvgIpc) is 3.32. The van der Waals surface area contributed by atoms with Gasteiger partial charge in [-0.05, 0) is 37.2 Å². The topological polar surface area (TPSA) is 85.3 Å². The molecule has 1 saturated heterocycles. The summed E-state index contributed by atoms with van der Waals surface area (Å²) in [6.07, 6.45) is 5.25. The Bertz CT molecular complexity index is 762. The number of fused-ring (bicyclic) bond motifs is 2. The summed E-state index contributed by atoms with van der Waals surface area (Å²) in [7, 11) is 2.10. The van der Waals surface area contributed by atoms with Gasteiger partial charge in [-0.3, -0.25) is 4.79 Å². The van der Waals surface area contributed by atoms with Crippen molar-refractivity contribution in [3.05, 3.63) is 18.6 Å². The van der Waals surface area contributed by atoms with Gasteiger partial charge in [0.05, 0.1) is 5.39 Å². The van der Waals surface area contributed by atoms with Crippen molar-refractivity contribution >= 4 is 22.8 Å². The van der Waals surface area contributed by atoms with E-state index in [1.54, 1.807) is 6.33 Å². The van der Waals surface area contributed by atoms with Gasteiger partial charge in [-0.1, -0.05) is 6.92 Å². The van der Waals surface area contributed by atoms with Gasteiger partial charge in [-0.25, -0.2) is 9.97 Å². The number of nitrogens with zero attached hydrogens (tertiary/aromatic N) is 4. The molecule has 2 aromatic rings. The molecule has 1 amide bonds. The van der Waals surface area contributed by atoms with Crippen molar-refractivity contribution in [1.29, 1.82) is 0 Å². The molecular weight excluding hydrogens is 318 g/mol. The highest BCUT2D eigenvalue weighted by Gasteiger charge is 2.44. The van der Waals surface area contributed by atoms with E-state index in [0.717, 1.165) is 42.8 Å². The van der Waals surface area contributed by atoms with Crippen LogP contribution in [0.2, 0.25) is 0 Å². The van der Waals surface area contributed by atoms with E-state index < -0.39 is 6.10 Å². The summed E-state index contributed by atoms with van der Waals surface area (Å²) >= 11 is 0. The number of rotatable bonds is 4. The number of carbonyl (C=O) groups excluding carboxylic acids is 1. The summed E-state index contributed by atoms with van der Waals surface area (Å²) in [4.78, 5) is 28.2. The fourth-order valence-electron chi connectivity index (χ4n) is 4.46. The number of carbonyl (C=O) groups is 1. The second-order valence-corrected chi connectivity index (χ2v) is 7.36. The highest BCUT2D eigenvalue weighted by atomic mass is 16.3. The predicted molar refractivity (Wildman–Crippen MR) is 95.2 cm³/mol. The second-order valence-electron chi connectivity index (χ2n) is 7.36. The zero-order chi connectivity index (χ0) is 17.6. The lowest BCUT2D eigenvalue weighted by molar-refractivity contribution is -0.139. The lowest BCUT2D eigenvalue weighted by atomic mass is 10.0. The van der Waals surface area contributed by atoms with Crippen molar-refractivity contribution in [2.75, 3.05) is 25.0 Å². The van der Waals surface area contributed by atoms with Gasteiger partial charge in [-0.2, -0.15) is 0 Å². The lowest BCUT2D eigenvalue weighted by Crippen LogP contribution is -2.39.